The number of nitro benzene ring substituents is 1. The third kappa shape index (κ3) is 5.53. The SMILES string of the molecule is CC(C)NC(=O)C1CCCC(NC(=O)c2ccc(C(C)(C)C)c([N+](=O)[O-])c2)C1. The van der Waals surface area contributed by atoms with E-state index in [1.807, 2.05) is 34.6 Å². The molecular formula is C21H31N3O4. The largest absolute Gasteiger partial charge is 0.354 e. The van der Waals surface area contributed by atoms with Gasteiger partial charge in [-0.3, -0.25) is 19.7 Å². The fraction of sp³-hybridized carbons (Fsp3) is 0.619. The van der Waals surface area contributed by atoms with E-state index in [0.717, 1.165) is 19.3 Å². The maximum Gasteiger partial charge on any atom is 0.273 e. The van der Waals surface area contributed by atoms with E-state index in [4.69, 9.17) is 0 Å². The molecule has 0 aromatic heterocycles. The molecule has 0 heterocycles. The van der Waals surface area contributed by atoms with Gasteiger partial charge in [0.1, 0.15) is 0 Å². The molecule has 1 fully saturated rings. The lowest BCUT2D eigenvalue weighted by molar-refractivity contribution is -0.386. The highest BCUT2D eigenvalue weighted by Gasteiger charge is 2.30. The van der Waals surface area contributed by atoms with Crippen molar-refractivity contribution in [2.24, 2.45) is 5.92 Å². The highest BCUT2D eigenvalue weighted by Crippen LogP contribution is 2.32. The van der Waals surface area contributed by atoms with E-state index in [0.29, 0.717) is 12.0 Å². The molecule has 0 spiro atoms. The van der Waals surface area contributed by atoms with Crippen LogP contribution >= 0.6 is 0 Å². The Balaban J connectivity index is 2.11. The number of nitrogens with zero attached hydrogens (tertiary/aromatic N) is 1. The number of carbonyl (C=O) groups excluding carboxylic acids is 2. The molecule has 28 heavy (non-hydrogen) atoms. The third-order valence-corrected chi connectivity index (χ3v) is 5.08. The van der Waals surface area contributed by atoms with Crippen molar-refractivity contribution in [3.8, 4) is 0 Å². The highest BCUT2D eigenvalue weighted by atomic mass is 16.6. The smallest absolute Gasteiger partial charge is 0.273 e. The maximum atomic E-state index is 12.7. The minimum atomic E-state index is -0.440. The standard InChI is InChI=1S/C21H31N3O4/c1-13(2)22-19(25)14-7-6-8-16(11-14)23-20(26)15-9-10-17(21(3,4)5)18(12-15)24(27)28/h9-10,12-14,16H,6-8,11H2,1-5H3,(H,22,25)(H,23,26). The van der Waals surface area contributed by atoms with Crippen LogP contribution in [0, 0.1) is 16.0 Å². The molecule has 0 saturated heterocycles. The molecule has 1 aliphatic rings. The molecule has 2 unspecified atom stereocenters. The molecule has 0 bridgehead atoms. The van der Waals surface area contributed by atoms with Crippen LogP contribution in [0.5, 0.6) is 0 Å². The highest BCUT2D eigenvalue weighted by molar-refractivity contribution is 5.95. The number of rotatable bonds is 5. The summed E-state index contributed by atoms with van der Waals surface area (Å²) < 4.78 is 0. The van der Waals surface area contributed by atoms with Crippen LogP contribution in [0.4, 0.5) is 5.69 Å². The Morgan fingerprint density at radius 1 is 1.21 bits per heavy atom. The second-order valence-corrected chi connectivity index (χ2v) is 8.94. The van der Waals surface area contributed by atoms with Gasteiger partial charge in [0.25, 0.3) is 11.6 Å². The van der Waals surface area contributed by atoms with Crippen LogP contribution in [0.15, 0.2) is 18.2 Å². The third-order valence-electron chi connectivity index (χ3n) is 5.08. The summed E-state index contributed by atoms with van der Waals surface area (Å²) in [6.07, 6.45) is 3.08. The van der Waals surface area contributed by atoms with Gasteiger partial charge >= 0.3 is 0 Å². The summed E-state index contributed by atoms with van der Waals surface area (Å²) in [4.78, 5) is 36.0. The van der Waals surface area contributed by atoms with Crippen molar-refractivity contribution in [2.75, 3.05) is 0 Å². The molecule has 154 valence electrons. The van der Waals surface area contributed by atoms with Crippen LogP contribution in [0.25, 0.3) is 0 Å². The molecule has 0 radical (unpaired) electrons. The molecule has 1 saturated carbocycles. The van der Waals surface area contributed by atoms with Gasteiger partial charge in [-0.05, 0) is 44.6 Å². The van der Waals surface area contributed by atoms with Gasteiger partial charge in [0.05, 0.1) is 4.92 Å². The van der Waals surface area contributed by atoms with Gasteiger partial charge in [-0.1, -0.05) is 33.3 Å². The summed E-state index contributed by atoms with van der Waals surface area (Å²) in [6.45, 7) is 9.56. The van der Waals surface area contributed by atoms with Gasteiger partial charge in [-0.2, -0.15) is 0 Å². The van der Waals surface area contributed by atoms with Crippen molar-refractivity contribution < 1.29 is 14.5 Å². The summed E-state index contributed by atoms with van der Waals surface area (Å²) in [6, 6.07) is 4.62. The zero-order valence-electron chi connectivity index (χ0n) is 17.4. The zero-order chi connectivity index (χ0) is 21.1. The lowest BCUT2D eigenvalue weighted by Crippen LogP contribution is -2.43. The first-order valence-corrected chi connectivity index (χ1v) is 9.89. The molecule has 7 nitrogen and oxygen atoms in total. The van der Waals surface area contributed by atoms with E-state index in [1.54, 1.807) is 12.1 Å². The summed E-state index contributed by atoms with van der Waals surface area (Å²) in [7, 11) is 0. The first-order valence-electron chi connectivity index (χ1n) is 9.89. The average Bonchev–Trinajstić information content (AvgIpc) is 2.60. The number of carbonyl (C=O) groups is 2. The van der Waals surface area contributed by atoms with E-state index in [9.17, 15) is 19.7 Å². The lowest BCUT2D eigenvalue weighted by atomic mass is 9.84. The van der Waals surface area contributed by atoms with Crippen molar-refractivity contribution in [3.05, 3.63) is 39.4 Å². The minimum Gasteiger partial charge on any atom is -0.354 e. The number of nitro groups is 1. The van der Waals surface area contributed by atoms with Gasteiger partial charge in [-0.25, -0.2) is 0 Å². The van der Waals surface area contributed by atoms with Gasteiger partial charge < -0.3 is 10.6 Å². The predicted molar refractivity (Wildman–Crippen MR) is 108 cm³/mol. The Kier molecular flexibility index (Phi) is 6.80. The van der Waals surface area contributed by atoms with Crippen molar-refractivity contribution in [1.29, 1.82) is 0 Å². The first kappa shape index (κ1) is 21.9. The van der Waals surface area contributed by atoms with Crippen molar-refractivity contribution in [3.63, 3.8) is 0 Å². The van der Waals surface area contributed by atoms with Gasteiger partial charge in [-0.15, -0.1) is 0 Å². The zero-order valence-corrected chi connectivity index (χ0v) is 17.4. The number of hydrogen-bond acceptors (Lipinski definition) is 4. The molecule has 7 heteroatoms. The van der Waals surface area contributed by atoms with Crippen LogP contribution in [-0.2, 0) is 10.2 Å². The van der Waals surface area contributed by atoms with Gasteiger partial charge in [0.15, 0.2) is 0 Å². The van der Waals surface area contributed by atoms with Crippen molar-refractivity contribution >= 4 is 17.5 Å². The van der Waals surface area contributed by atoms with Crippen LogP contribution in [0.3, 0.4) is 0 Å². The van der Waals surface area contributed by atoms with E-state index in [2.05, 4.69) is 10.6 Å². The van der Waals surface area contributed by atoms with E-state index >= 15 is 0 Å². The summed E-state index contributed by atoms with van der Waals surface area (Å²) in [5.41, 5.74) is 0.432. The Hall–Kier alpha value is -2.44. The summed E-state index contributed by atoms with van der Waals surface area (Å²) in [5, 5.41) is 17.4. The van der Waals surface area contributed by atoms with Crippen molar-refractivity contribution in [1.82, 2.24) is 10.6 Å². The topological polar surface area (TPSA) is 101 Å². The fourth-order valence-electron chi connectivity index (χ4n) is 3.69. The van der Waals surface area contributed by atoms with E-state index in [-0.39, 0.29) is 41.1 Å². The lowest BCUT2D eigenvalue weighted by Gasteiger charge is -2.29. The number of amides is 2. The summed E-state index contributed by atoms with van der Waals surface area (Å²) >= 11 is 0. The Morgan fingerprint density at radius 2 is 1.89 bits per heavy atom. The second kappa shape index (κ2) is 8.71. The molecule has 1 aromatic carbocycles. The molecule has 2 rings (SSSR count). The quantitative estimate of drug-likeness (QED) is 0.592. The van der Waals surface area contributed by atoms with Crippen LogP contribution in [0.2, 0.25) is 0 Å². The Morgan fingerprint density at radius 3 is 2.46 bits per heavy atom. The normalized spacial score (nSPS) is 19.9. The van der Waals surface area contributed by atoms with E-state index < -0.39 is 10.3 Å². The molecule has 0 aliphatic heterocycles. The minimum absolute atomic E-state index is 0.0270. The van der Waals surface area contributed by atoms with E-state index in [1.165, 1.54) is 6.07 Å². The second-order valence-electron chi connectivity index (χ2n) is 8.94. The molecule has 2 atom stereocenters. The van der Waals surface area contributed by atoms with Crippen LogP contribution < -0.4 is 10.6 Å². The fourth-order valence-corrected chi connectivity index (χ4v) is 3.69. The van der Waals surface area contributed by atoms with Gasteiger partial charge in [0, 0.05) is 35.2 Å². The van der Waals surface area contributed by atoms with Crippen LogP contribution in [0.1, 0.15) is 76.2 Å². The number of benzene rings is 1. The Labute approximate surface area is 166 Å². The molecular weight excluding hydrogens is 358 g/mol. The van der Waals surface area contributed by atoms with Crippen molar-refractivity contribution in [2.45, 2.75) is 77.8 Å². The number of hydrogen-bond donors (Lipinski definition) is 2. The summed E-state index contributed by atoms with van der Waals surface area (Å²) in [5.74, 6) is -0.420. The average molecular weight is 389 g/mol. The molecule has 1 aliphatic carbocycles. The number of nitrogens with one attached hydrogen (secondary N) is 2. The molecule has 2 amide bonds. The molecule has 1 aromatic rings. The van der Waals surface area contributed by atoms with Crippen LogP contribution in [-0.4, -0.2) is 28.8 Å². The molecule has 2 N–H and O–H groups in total. The predicted octanol–water partition coefficient (Wildman–Crippen LogP) is 3.71. The first-order chi connectivity index (χ1) is 13.0. The van der Waals surface area contributed by atoms with Gasteiger partial charge in [0.2, 0.25) is 5.91 Å². The monoisotopic (exact) mass is 389 g/mol. The Bertz CT molecular complexity index is 753. The maximum absolute atomic E-state index is 12.7.